The molecule has 0 saturated carbocycles. The summed E-state index contributed by atoms with van der Waals surface area (Å²) in [4.78, 5) is 2.53. The summed E-state index contributed by atoms with van der Waals surface area (Å²) in [6.45, 7) is 2.87. The Morgan fingerprint density at radius 3 is 2.69 bits per heavy atom. The molecule has 5 nitrogen and oxygen atoms in total. The third-order valence-electron chi connectivity index (χ3n) is 5.40. The van der Waals surface area contributed by atoms with Gasteiger partial charge >= 0.3 is 0 Å². The molecule has 0 aromatic heterocycles. The maximum absolute atomic E-state index is 6.18. The lowest BCUT2D eigenvalue weighted by atomic mass is 9.94. The van der Waals surface area contributed by atoms with E-state index in [1.165, 1.54) is 18.4 Å². The maximum atomic E-state index is 6.18. The van der Waals surface area contributed by atoms with Crippen molar-refractivity contribution in [1.29, 1.82) is 0 Å². The summed E-state index contributed by atoms with van der Waals surface area (Å²) < 4.78 is 23.1. The molecule has 26 heavy (non-hydrogen) atoms. The van der Waals surface area contributed by atoms with Gasteiger partial charge in [-0.3, -0.25) is 4.90 Å². The van der Waals surface area contributed by atoms with Crippen LogP contribution >= 0.6 is 0 Å². The zero-order chi connectivity index (χ0) is 17.3. The Balaban J connectivity index is 1.33. The summed E-state index contributed by atoms with van der Waals surface area (Å²) in [6.07, 6.45) is 3.69. The largest absolute Gasteiger partial charge is 0.486 e. The van der Waals surface area contributed by atoms with Crippen LogP contribution in [0, 0.1) is 0 Å². The first-order valence-corrected chi connectivity index (χ1v) is 9.39. The fourth-order valence-electron chi connectivity index (χ4n) is 4.12. The monoisotopic (exact) mass is 353 g/mol. The van der Waals surface area contributed by atoms with E-state index in [1.54, 1.807) is 0 Å². The first kappa shape index (κ1) is 15.8. The number of ether oxygens (including phenoxy) is 4. The molecule has 2 aromatic carbocycles. The molecule has 0 amide bonds. The van der Waals surface area contributed by atoms with Gasteiger partial charge in [-0.2, -0.15) is 0 Å². The van der Waals surface area contributed by atoms with Crippen LogP contribution in [0.5, 0.6) is 23.0 Å². The fourth-order valence-corrected chi connectivity index (χ4v) is 4.12. The summed E-state index contributed by atoms with van der Waals surface area (Å²) in [5.41, 5.74) is 1.30. The fraction of sp³-hybridized carbons (Fsp3) is 0.429. The summed E-state index contributed by atoms with van der Waals surface area (Å²) >= 11 is 0. The van der Waals surface area contributed by atoms with Crippen LogP contribution in [-0.2, 0) is 0 Å². The molecule has 3 aliphatic heterocycles. The van der Waals surface area contributed by atoms with Crippen LogP contribution < -0.4 is 18.9 Å². The summed E-state index contributed by atoms with van der Waals surface area (Å²) in [5.74, 6) is 3.39. The minimum absolute atomic E-state index is 0.0551. The summed E-state index contributed by atoms with van der Waals surface area (Å²) in [5, 5.41) is 0. The van der Waals surface area contributed by atoms with Gasteiger partial charge in [-0.15, -0.1) is 0 Å². The SMILES string of the molecule is c1ccc2c(c1)OC[C@H](CN1CCCCC1c1ccc3c(c1)OCO3)O2. The van der Waals surface area contributed by atoms with Crippen LogP contribution in [0.25, 0.3) is 0 Å². The number of nitrogens with zero attached hydrogens (tertiary/aromatic N) is 1. The van der Waals surface area contributed by atoms with Gasteiger partial charge in [0, 0.05) is 12.6 Å². The average Bonchev–Trinajstić information content (AvgIpc) is 3.16. The highest BCUT2D eigenvalue weighted by molar-refractivity contribution is 5.45. The van der Waals surface area contributed by atoms with E-state index >= 15 is 0 Å². The molecule has 2 atom stereocenters. The molecule has 3 heterocycles. The van der Waals surface area contributed by atoms with E-state index in [-0.39, 0.29) is 6.10 Å². The normalized spacial score (nSPS) is 24.5. The highest BCUT2D eigenvalue weighted by Gasteiger charge is 2.30. The second-order valence-electron chi connectivity index (χ2n) is 7.12. The Bertz CT molecular complexity index is 793. The molecule has 0 bridgehead atoms. The van der Waals surface area contributed by atoms with Crippen LogP contribution in [0.2, 0.25) is 0 Å². The molecule has 0 aliphatic carbocycles. The zero-order valence-corrected chi connectivity index (χ0v) is 14.7. The van der Waals surface area contributed by atoms with Crippen molar-refractivity contribution in [3.63, 3.8) is 0 Å². The third-order valence-corrected chi connectivity index (χ3v) is 5.40. The molecule has 1 unspecified atom stereocenters. The van der Waals surface area contributed by atoms with Crippen LogP contribution in [0.15, 0.2) is 42.5 Å². The lowest BCUT2D eigenvalue weighted by Crippen LogP contribution is -2.44. The molecule has 5 rings (SSSR count). The highest BCUT2D eigenvalue weighted by atomic mass is 16.7. The van der Waals surface area contributed by atoms with Crippen LogP contribution in [-0.4, -0.2) is 37.5 Å². The molecule has 136 valence electrons. The molecular weight excluding hydrogens is 330 g/mol. The van der Waals surface area contributed by atoms with E-state index < -0.39 is 0 Å². The van der Waals surface area contributed by atoms with Crippen molar-refractivity contribution in [1.82, 2.24) is 4.90 Å². The van der Waals surface area contributed by atoms with Gasteiger partial charge in [-0.05, 0) is 49.2 Å². The van der Waals surface area contributed by atoms with Crippen molar-refractivity contribution >= 4 is 0 Å². The van der Waals surface area contributed by atoms with Gasteiger partial charge in [0.25, 0.3) is 0 Å². The van der Waals surface area contributed by atoms with Crippen molar-refractivity contribution in [2.75, 3.05) is 26.5 Å². The first-order valence-electron chi connectivity index (χ1n) is 9.39. The van der Waals surface area contributed by atoms with Gasteiger partial charge in [0.15, 0.2) is 23.0 Å². The first-order chi connectivity index (χ1) is 12.9. The van der Waals surface area contributed by atoms with Gasteiger partial charge in [-0.1, -0.05) is 24.6 Å². The summed E-state index contributed by atoms with van der Waals surface area (Å²) in [6, 6.07) is 14.6. The average molecular weight is 353 g/mol. The predicted molar refractivity (Wildman–Crippen MR) is 97.1 cm³/mol. The number of fused-ring (bicyclic) bond motifs is 2. The van der Waals surface area contributed by atoms with Crippen LogP contribution in [0.1, 0.15) is 30.9 Å². The minimum atomic E-state index is 0.0551. The van der Waals surface area contributed by atoms with E-state index in [0.717, 1.165) is 42.5 Å². The second-order valence-corrected chi connectivity index (χ2v) is 7.12. The van der Waals surface area contributed by atoms with Gasteiger partial charge in [0.05, 0.1) is 0 Å². The lowest BCUT2D eigenvalue weighted by Gasteiger charge is -2.39. The van der Waals surface area contributed by atoms with Gasteiger partial charge in [0.1, 0.15) is 12.7 Å². The molecule has 0 N–H and O–H groups in total. The molecule has 1 fully saturated rings. The van der Waals surface area contributed by atoms with E-state index in [0.29, 0.717) is 19.4 Å². The molecule has 5 heteroatoms. The van der Waals surface area contributed by atoms with Crippen LogP contribution in [0.4, 0.5) is 0 Å². The number of benzene rings is 2. The van der Waals surface area contributed by atoms with Gasteiger partial charge in [0.2, 0.25) is 6.79 Å². The zero-order valence-electron chi connectivity index (χ0n) is 14.7. The Morgan fingerprint density at radius 1 is 0.885 bits per heavy atom. The lowest BCUT2D eigenvalue weighted by molar-refractivity contribution is 0.0339. The van der Waals surface area contributed by atoms with Gasteiger partial charge < -0.3 is 18.9 Å². The Morgan fingerprint density at radius 2 is 1.73 bits per heavy atom. The molecule has 0 radical (unpaired) electrons. The number of hydrogen-bond donors (Lipinski definition) is 0. The van der Waals surface area contributed by atoms with Crippen molar-refractivity contribution in [2.45, 2.75) is 31.4 Å². The molecule has 2 aromatic rings. The van der Waals surface area contributed by atoms with E-state index in [4.69, 9.17) is 18.9 Å². The molecule has 3 aliphatic rings. The number of piperidine rings is 1. The smallest absolute Gasteiger partial charge is 0.231 e. The topological polar surface area (TPSA) is 40.2 Å². The number of likely N-dealkylation sites (tertiary alicyclic amines) is 1. The van der Waals surface area contributed by atoms with Gasteiger partial charge in [-0.25, -0.2) is 0 Å². The van der Waals surface area contributed by atoms with E-state index in [2.05, 4.69) is 17.0 Å². The van der Waals surface area contributed by atoms with Crippen molar-refractivity contribution < 1.29 is 18.9 Å². The van der Waals surface area contributed by atoms with Crippen LogP contribution in [0.3, 0.4) is 0 Å². The third kappa shape index (κ3) is 2.97. The Hall–Kier alpha value is -2.40. The highest BCUT2D eigenvalue weighted by Crippen LogP contribution is 2.39. The molecular formula is C21H23NO4. The predicted octanol–water partition coefficient (Wildman–Crippen LogP) is 3.78. The molecule has 0 spiro atoms. The number of rotatable bonds is 3. The van der Waals surface area contributed by atoms with Crippen molar-refractivity contribution in [3.05, 3.63) is 48.0 Å². The number of para-hydroxylation sites is 2. The minimum Gasteiger partial charge on any atom is -0.486 e. The maximum Gasteiger partial charge on any atom is 0.231 e. The number of hydrogen-bond acceptors (Lipinski definition) is 5. The van der Waals surface area contributed by atoms with Crippen molar-refractivity contribution in [3.8, 4) is 23.0 Å². The van der Waals surface area contributed by atoms with E-state index in [1.807, 2.05) is 30.3 Å². The summed E-state index contributed by atoms with van der Waals surface area (Å²) in [7, 11) is 0. The quantitative estimate of drug-likeness (QED) is 0.840. The Kier molecular flexibility index (Phi) is 4.09. The molecule has 1 saturated heterocycles. The standard InChI is InChI=1S/C21H23NO4/c1-2-7-20-18(6-1)23-13-16(26-20)12-22-10-4-3-5-17(22)15-8-9-19-21(11-15)25-14-24-19/h1-2,6-9,11,16-17H,3-5,10,12-14H2/t16-,17?/m0/s1. The van der Waals surface area contributed by atoms with E-state index in [9.17, 15) is 0 Å². The second kappa shape index (κ2) is 6.72. The Labute approximate surface area is 153 Å². The van der Waals surface area contributed by atoms with Crippen molar-refractivity contribution in [2.24, 2.45) is 0 Å².